The van der Waals surface area contributed by atoms with Gasteiger partial charge in [-0.25, -0.2) is 0 Å². The second-order valence-corrected chi connectivity index (χ2v) is 6.54. The molecule has 1 N–H and O–H groups in total. The molecule has 2 aromatic rings. The summed E-state index contributed by atoms with van der Waals surface area (Å²) in [7, 11) is 0. The molecule has 1 aliphatic rings. The monoisotopic (exact) mass is 439 g/mol. The van der Waals surface area contributed by atoms with E-state index in [-0.39, 0.29) is 18.2 Å². The predicted molar refractivity (Wildman–Crippen MR) is 102 cm³/mol. The Morgan fingerprint density at radius 2 is 1.38 bits per heavy atom. The first kappa shape index (κ1) is 17.8. The lowest BCUT2D eigenvalue weighted by Gasteiger charge is -2.45. The smallest absolute Gasteiger partial charge is 0.109 e. The van der Waals surface area contributed by atoms with Crippen LogP contribution in [-0.4, -0.2) is 31.4 Å². The Balaban J connectivity index is 1.47. The lowest BCUT2D eigenvalue weighted by Crippen LogP contribution is -2.69. The quantitative estimate of drug-likeness (QED) is 0.608. The van der Waals surface area contributed by atoms with E-state index in [1.807, 2.05) is 59.4 Å². The second kappa shape index (κ2) is 9.48. The molecule has 24 heavy (non-hydrogen) atoms. The first-order valence-corrected chi connectivity index (χ1v) is 9.01. The fourth-order valence-electron chi connectivity index (χ4n) is 2.86. The van der Waals surface area contributed by atoms with Gasteiger partial charge < -0.3 is 17.9 Å². The van der Waals surface area contributed by atoms with Crippen molar-refractivity contribution in [3.05, 3.63) is 71.8 Å². The Hall–Kier alpha value is -0.990. The van der Waals surface area contributed by atoms with Gasteiger partial charge in [0.15, 0.2) is 0 Å². The molecule has 0 spiro atoms. The number of halogens is 1. The fraction of sp³-hybridized carbons (Fsp3) is 0.368. The zero-order valence-electron chi connectivity index (χ0n) is 13.4. The lowest BCUT2D eigenvalue weighted by atomic mass is 9.94. The van der Waals surface area contributed by atoms with E-state index >= 15 is 0 Å². The van der Waals surface area contributed by atoms with Crippen molar-refractivity contribution in [3.8, 4) is 0 Å². The van der Waals surface area contributed by atoms with Crippen molar-refractivity contribution in [1.29, 1.82) is 0 Å². The average Bonchev–Trinajstić information content (AvgIpc) is 2.62. The van der Waals surface area contributed by atoms with Gasteiger partial charge in [-0.3, -0.25) is 0 Å². The maximum atomic E-state index is 6.12. The Labute approximate surface area is 157 Å². The minimum absolute atomic E-state index is 0.107. The molecule has 1 heterocycles. The molecule has 3 rings (SSSR count). The molecule has 2 aromatic carbocycles. The summed E-state index contributed by atoms with van der Waals surface area (Å²) in [5.41, 5.74) is 2.37. The number of hydrogen-bond donors (Lipinski definition) is 1. The van der Waals surface area contributed by atoms with Gasteiger partial charge in [-0.2, -0.15) is 0 Å². The van der Waals surface area contributed by atoms with Crippen LogP contribution in [0.2, 0.25) is 0 Å². The number of hydrogen-bond acceptors (Lipinski definition) is 4. The molecule has 4 nitrogen and oxygen atoms in total. The molecule has 3 atom stereocenters. The summed E-state index contributed by atoms with van der Waals surface area (Å²) in [5.74, 6) is 0. The van der Waals surface area contributed by atoms with E-state index in [9.17, 15) is 0 Å². The maximum Gasteiger partial charge on any atom is 0.109 e. The highest BCUT2D eigenvalue weighted by Crippen LogP contribution is 2.21. The molecular formula is C19H22INO3. The zero-order chi connectivity index (χ0) is 16.6. The van der Waals surface area contributed by atoms with Crippen molar-refractivity contribution >= 4 is 23.0 Å². The highest BCUT2D eigenvalue weighted by molar-refractivity contribution is 14.1. The van der Waals surface area contributed by atoms with Crippen molar-refractivity contribution in [2.24, 2.45) is 0 Å². The van der Waals surface area contributed by atoms with E-state index in [2.05, 4.69) is 29.6 Å². The molecule has 0 aliphatic carbocycles. The molecule has 1 aliphatic heterocycles. The predicted octanol–water partition coefficient (Wildman–Crippen LogP) is 3.50. The van der Waals surface area contributed by atoms with Gasteiger partial charge >= 0.3 is 0 Å². The van der Waals surface area contributed by atoms with E-state index in [0.29, 0.717) is 26.4 Å². The van der Waals surface area contributed by atoms with Crippen LogP contribution in [-0.2, 0) is 25.8 Å². The third kappa shape index (κ3) is 5.00. The number of benzene rings is 2. The molecular weight excluding hydrogens is 417 g/mol. The van der Waals surface area contributed by atoms with E-state index in [4.69, 9.17) is 12.5 Å². The summed E-state index contributed by atoms with van der Waals surface area (Å²) in [6, 6.07) is 20.9. The van der Waals surface area contributed by atoms with Crippen molar-refractivity contribution in [2.45, 2.75) is 31.4 Å². The van der Waals surface area contributed by atoms with Crippen LogP contribution in [0.3, 0.4) is 0 Å². The lowest BCUT2D eigenvalue weighted by molar-refractivity contribution is -0.0952. The summed E-state index contributed by atoms with van der Waals surface area (Å²) >= 11 is 1.93. The largest absolute Gasteiger partial charge is 0.375 e. The van der Waals surface area contributed by atoms with Gasteiger partial charge in [0.1, 0.15) is 23.0 Å². The summed E-state index contributed by atoms with van der Waals surface area (Å²) in [5, 5.41) is 3.47. The van der Waals surface area contributed by atoms with Gasteiger partial charge in [-0.1, -0.05) is 60.7 Å². The van der Waals surface area contributed by atoms with Crippen molar-refractivity contribution in [1.82, 2.24) is 5.32 Å². The van der Waals surface area contributed by atoms with Crippen LogP contribution in [0.5, 0.6) is 0 Å². The van der Waals surface area contributed by atoms with Gasteiger partial charge in [0.25, 0.3) is 0 Å². The molecule has 0 unspecified atom stereocenters. The molecule has 0 amide bonds. The van der Waals surface area contributed by atoms with Crippen LogP contribution in [0.1, 0.15) is 11.1 Å². The normalized spacial score (nSPS) is 23.0. The van der Waals surface area contributed by atoms with Crippen molar-refractivity contribution in [2.75, 3.05) is 13.2 Å². The zero-order valence-corrected chi connectivity index (χ0v) is 15.6. The van der Waals surface area contributed by atoms with E-state index < -0.39 is 0 Å². The van der Waals surface area contributed by atoms with Crippen LogP contribution in [0.4, 0.5) is 0 Å². The number of rotatable bonds is 9. The molecule has 0 radical (unpaired) electrons. The van der Waals surface area contributed by atoms with Crippen LogP contribution in [0.15, 0.2) is 60.7 Å². The average molecular weight is 439 g/mol. The summed E-state index contributed by atoms with van der Waals surface area (Å²) in [4.78, 5) is 0. The van der Waals surface area contributed by atoms with E-state index in [1.165, 1.54) is 11.1 Å². The summed E-state index contributed by atoms with van der Waals surface area (Å²) < 4.78 is 17.2. The van der Waals surface area contributed by atoms with E-state index in [0.717, 1.165) is 0 Å². The van der Waals surface area contributed by atoms with Crippen LogP contribution >= 0.6 is 23.0 Å². The topological polar surface area (TPSA) is 39.7 Å². The Kier molecular flexibility index (Phi) is 7.04. The van der Waals surface area contributed by atoms with Crippen molar-refractivity contribution < 1.29 is 12.5 Å². The number of nitrogens with one attached hydrogen (secondary N) is 1. The first-order chi connectivity index (χ1) is 11.9. The third-order valence-corrected chi connectivity index (χ3v) is 4.52. The Morgan fingerprint density at radius 3 is 2.00 bits per heavy atom. The van der Waals surface area contributed by atoms with Crippen LogP contribution in [0, 0.1) is 0 Å². The maximum absolute atomic E-state index is 6.12. The molecule has 0 aromatic heterocycles. The SMILES string of the molecule is IOC[C@H]1N[C@@H](COCc2ccccc2)[C@@H]1OCc1ccccc1. The highest BCUT2D eigenvalue weighted by atomic mass is 127. The minimum Gasteiger partial charge on any atom is -0.375 e. The minimum atomic E-state index is 0.107. The van der Waals surface area contributed by atoms with Crippen LogP contribution in [0.25, 0.3) is 0 Å². The molecule has 5 heteroatoms. The van der Waals surface area contributed by atoms with Gasteiger partial charge in [0, 0.05) is 0 Å². The summed E-state index contributed by atoms with van der Waals surface area (Å²) in [6.45, 7) is 2.50. The van der Waals surface area contributed by atoms with Crippen molar-refractivity contribution in [3.63, 3.8) is 0 Å². The molecule has 1 saturated heterocycles. The van der Waals surface area contributed by atoms with Gasteiger partial charge in [-0.15, -0.1) is 0 Å². The summed E-state index contributed by atoms with van der Waals surface area (Å²) in [6.07, 6.45) is 0.107. The van der Waals surface area contributed by atoms with Gasteiger partial charge in [0.05, 0.1) is 44.6 Å². The van der Waals surface area contributed by atoms with Gasteiger partial charge in [0.2, 0.25) is 0 Å². The molecule has 0 saturated carbocycles. The second-order valence-electron chi connectivity index (χ2n) is 5.92. The molecule has 128 valence electrons. The standard InChI is InChI=1S/C19H22INO3/c20-24-14-18-19(23-12-16-9-5-2-6-10-16)17(21-18)13-22-11-15-7-3-1-4-8-15/h1-10,17-19,21H,11-14H2/t17-,18+,19-/m0/s1. The van der Waals surface area contributed by atoms with Crippen LogP contribution < -0.4 is 5.32 Å². The molecule has 0 bridgehead atoms. The third-order valence-electron chi connectivity index (χ3n) is 4.16. The number of ether oxygens (including phenoxy) is 2. The Bertz CT molecular complexity index is 596. The fourth-order valence-corrected chi connectivity index (χ4v) is 3.24. The highest BCUT2D eigenvalue weighted by Gasteiger charge is 2.41. The Morgan fingerprint density at radius 1 is 0.792 bits per heavy atom. The first-order valence-electron chi connectivity index (χ1n) is 8.13. The molecule has 1 fully saturated rings. The van der Waals surface area contributed by atoms with Gasteiger partial charge in [-0.05, 0) is 11.1 Å². The van der Waals surface area contributed by atoms with E-state index in [1.54, 1.807) is 0 Å².